The molecule has 4 nitrogen and oxygen atoms in total. The summed E-state index contributed by atoms with van der Waals surface area (Å²) in [5.41, 5.74) is 0.367. The highest BCUT2D eigenvalue weighted by Gasteiger charge is 2.16. The van der Waals surface area contributed by atoms with E-state index in [4.69, 9.17) is 16.3 Å². The van der Waals surface area contributed by atoms with Crippen molar-refractivity contribution in [2.24, 2.45) is 0 Å². The van der Waals surface area contributed by atoms with E-state index in [2.05, 4.69) is 21.2 Å². The Morgan fingerprint density at radius 2 is 2.16 bits per heavy atom. The lowest BCUT2D eigenvalue weighted by Gasteiger charge is -2.14. The molecule has 0 aromatic heterocycles. The molecule has 1 rings (SSSR count). The Balaban J connectivity index is 2.64. The van der Waals surface area contributed by atoms with Crippen LogP contribution >= 0.6 is 27.5 Å². The summed E-state index contributed by atoms with van der Waals surface area (Å²) < 4.78 is 5.47. The standard InChI is InChI=1S/C13H15BrClNO3/c1-3-19-11(17)7-8(2)16-13(18)9-5-4-6-10(14)12(9)15/h4-6,8H,3,7H2,1-2H3,(H,16,18)/t8-/m1/s1. The van der Waals surface area contributed by atoms with Gasteiger partial charge in [-0.1, -0.05) is 17.7 Å². The monoisotopic (exact) mass is 347 g/mol. The van der Waals surface area contributed by atoms with E-state index in [0.29, 0.717) is 21.7 Å². The van der Waals surface area contributed by atoms with Crippen LogP contribution in [-0.2, 0) is 9.53 Å². The minimum atomic E-state index is -0.337. The van der Waals surface area contributed by atoms with Crippen molar-refractivity contribution in [2.75, 3.05) is 6.61 Å². The Hall–Kier alpha value is -1.07. The largest absolute Gasteiger partial charge is 0.466 e. The number of benzene rings is 1. The highest BCUT2D eigenvalue weighted by atomic mass is 79.9. The van der Waals surface area contributed by atoms with Crippen LogP contribution in [0, 0.1) is 0 Å². The zero-order chi connectivity index (χ0) is 14.4. The summed E-state index contributed by atoms with van der Waals surface area (Å²) >= 11 is 9.28. The van der Waals surface area contributed by atoms with Crippen molar-refractivity contribution >= 4 is 39.4 Å². The lowest BCUT2D eigenvalue weighted by Crippen LogP contribution is -2.34. The minimum absolute atomic E-state index is 0.130. The lowest BCUT2D eigenvalue weighted by molar-refractivity contribution is -0.143. The van der Waals surface area contributed by atoms with Crippen molar-refractivity contribution < 1.29 is 14.3 Å². The number of hydrogen-bond donors (Lipinski definition) is 1. The number of esters is 1. The van der Waals surface area contributed by atoms with Gasteiger partial charge < -0.3 is 10.1 Å². The van der Waals surface area contributed by atoms with Gasteiger partial charge in [0.1, 0.15) is 0 Å². The molecule has 0 saturated heterocycles. The van der Waals surface area contributed by atoms with Crippen LogP contribution in [0.2, 0.25) is 5.02 Å². The molecule has 0 aliphatic carbocycles. The van der Waals surface area contributed by atoms with E-state index in [0.717, 1.165) is 0 Å². The van der Waals surface area contributed by atoms with Crippen LogP contribution in [0.1, 0.15) is 30.6 Å². The number of carbonyl (C=O) groups excluding carboxylic acids is 2. The maximum Gasteiger partial charge on any atom is 0.307 e. The molecule has 19 heavy (non-hydrogen) atoms. The topological polar surface area (TPSA) is 55.4 Å². The van der Waals surface area contributed by atoms with Gasteiger partial charge in [-0.05, 0) is 41.9 Å². The summed E-state index contributed by atoms with van der Waals surface area (Å²) in [6.45, 7) is 3.81. The molecule has 1 aromatic carbocycles. The summed E-state index contributed by atoms with van der Waals surface area (Å²) in [5, 5.41) is 3.06. The molecule has 0 spiro atoms. The third-order valence-corrected chi connectivity index (χ3v) is 3.65. The average molecular weight is 349 g/mol. The van der Waals surface area contributed by atoms with Gasteiger partial charge in [-0.2, -0.15) is 0 Å². The second-order valence-electron chi connectivity index (χ2n) is 3.99. The fourth-order valence-corrected chi connectivity index (χ4v) is 2.08. The third-order valence-electron chi connectivity index (χ3n) is 2.35. The van der Waals surface area contributed by atoms with Crippen LogP contribution < -0.4 is 5.32 Å². The van der Waals surface area contributed by atoms with E-state index in [-0.39, 0.29) is 24.3 Å². The summed E-state index contributed by atoms with van der Waals surface area (Å²) in [6, 6.07) is 4.78. The molecule has 104 valence electrons. The number of rotatable bonds is 5. The van der Waals surface area contributed by atoms with Gasteiger partial charge in [0.15, 0.2) is 0 Å². The molecule has 0 unspecified atom stereocenters. The Morgan fingerprint density at radius 1 is 1.47 bits per heavy atom. The first kappa shape index (κ1) is 16.0. The fourth-order valence-electron chi connectivity index (χ4n) is 1.50. The van der Waals surface area contributed by atoms with Crippen LogP contribution in [0.4, 0.5) is 0 Å². The highest BCUT2D eigenvalue weighted by molar-refractivity contribution is 9.10. The van der Waals surface area contributed by atoms with Crippen LogP contribution in [0.25, 0.3) is 0 Å². The Morgan fingerprint density at radius 3 is 2.79 bits per heavy atom. The summed E-state index contributed by atoms with van der Waals surface area (Å²) in [7, 11) is 0. The molecule has 0 heterocycles. The molecule has 1 amide bonds. The normalized spacial score (nSPS) is 11.8. The average Bonchev–Trinajstić information content (AvgIpc) is 2.32. The summed E-state index contributed by atoms with van der Waals surface area (Å²) in [4.78, 5) is 23.3. The van der Waals surface area contributed by atoms with Gasteiger partial charge in [0.25, 0.3) is 5.91 Å². The second-order valence-corrected chi connectivity index (χ2v) is 5.22. The van der Waals surface area contributed by atoms with E-state index in [1.165, 1.54) is 0 Å². The summed E-state index contributed by atoms with van der Waals surface area (Å²) in [5.74, 6) is -0.654. The number of nitrogens with one attached hydrogen (secondary N) is 1. The number of carbonyl (C=O) groups is 2. The van der Waals surface area contributed by atoms with E-state index >= 15 is 0 Å². The molecular formula is C13H15BrClNO3. The minimum Gasteiger partial charge on any atom is -0.466 e. The van der Waals surface area contributed by atoms with Crippen molar-refractivity contribution in [2.45, 2.75) is 26.3 Å². The zero-order valence-corrected chi connectivity index (χ0v) is 13.0. The molecule has 1 aromatic rings. The second kappa shape index (κ2) is 7.50. The molecule has 6 heteroatoms. The molecule has 0 aliphatic rings. The first-order valence-corrected chi connectivity index (χ1v) is 7.03. The first-order chi connectivity index (χ1) is 8.95. The number of hydrogen-bond acceptors (Lipinski definition) is 3. The van der Waals surface area contributed by atoms with Gasteiger partial charge in [-0.3, -0.25) is 9.59 Å². The fraction of sp³-hybridized carbons (Fsp3) is 0.385. The zero-order valence-electron chi connectivity index (χ0n) is 10.7. The SMILES string of the molecule is CCOC(=O)C[C@@H](C)NC(=O)c1cccc(Br)c1Cl. The van der Waals surface area contributed by atoms with Crippen LogP contribution in [0.5, 0.6) is 0 Å². The molecule has 0 radical (unpaired) electrons. The summed E-state index contributed by atoms with van der Waals surface area (Å²) in [6.07, 6.45) is 0.130. The van der Waals surface area contributed by atoms with Gasteiger partial charge in [0, 0.05) is 10.5 Å². The molecule has 1 N–H and O–H groups in total. The maximum atomic E-state index is 12.0. The molecule has 0 saturated carbocycles. The Kier molecular flexibility index (Phi) is 6.31. The quantitative estimate of drug-likeness (QED) is 0.832. The molecule has 0 bridgehead atoms. The van der Waals surface area contributed by atoms with E-state index in [1.54, 1.807) is 32.0 Å². The molecule has 0 fully saturated rings. The van der Waals surface area contributed by atoms with Crippen LogP contribution in [0.15, 0.2) is 22.7 Å². The molecule has 1 atom stereocenters. The van der Waals surface area contributed by atoms with Crippen LogP contribution in [-0.4, -0.2) is 24.5 Å². The maximum absolute atomic E-state index is 12.0. The molecule has 0 aliphatic heterocycles. The van der Waals surface area contributed by atoms with Crippen LogP contribution in [0.3, 0.4) is 0 Å². The number of ether oxygens (including phenoxy) is 1. The number of halogens is 2. The van der Waals surface area contributed by atoms with Crippen molar-refractivity contribution in [1.82, 2.24) is 5.32 Å². The lowest BCUT2D eigenvalue weighted by atomic mass is 10.2. The van der Waals surface area contributed by atoms with Crippen molar-refractivity contribution in [1.29, 1.82) is 0 Å². The first-order valence-electron chi connectivity index (χ1n) is 5.86. The van der Waals surface area contributed by atoms with E-state index < -0.39 is 0 Å². The Bertz CT molecular complexity index is 479. The van der Waals surface area contributed by atoms with Gasteiger partial charge in [0.05, 0.1) is 23.6 Å². The Labute approximate surface area is 125 Å². The predicted octanol–water partition coefficient (Wildman–Crippen LogP) is 3.17. The van der Waals surface area contributed by atoms with Crippen molar-refractivity contribution in [3.05, 3.63) is 33.3 Å². The number of amides is 1. The predicted molar refractivity (Wildman–Crippen MR) is 77.3 cm³/mol. The third kappa shape index (κ3) is 4.84. The van der Waals surface area contributed by atoms with Gasteiger partial charge >= 0.3 is 5.97 Å². The smallest absolute Gasteiger partial charge is 0.307 e. The highest BCUT2D eigenvalue weighted by Crippen LogP contribution is 2.25. The van der Waals surface area contributed by atoms with Gasteiger partial charge in [0.2, 0.25) is 0 Å². The molecular weight excluding hydrogens is 334 g/mol. The van der Waals surface area contributed by atoms with E-state index in [1.807, 2.05) is 0 Å². The van der Waals surface area contributed by atoms with E-state index in [9.17, 15) is 9.59 Å². The van der Waals surface area contributed by atoms with Gasteiger partial charge in [-0.25, -0.2) is 0 Å². The van der Waals surface area contributed by atoms with Crippen molar-refractivity contribution in [3.8, 4) is 0 Å². The van der Waals surface area contributed by atoms with Gasteiger partial charge in [-0.15, -0.1) is 0 Å². The van der Waals surface area contributed by atoms with Crippen molar-refractivity contribution in [3.63, 3.8) is 0 Å².